The molecule has 2 N–H and O–H groups in total. The fourth-order valence-electron chi connectivity index (χ4n) is 1.12. The van der Waals surface area contributed by atoms with Crippen LogP contribution in [0.15, 0.2) is 18.2 Å². The molecule has 0 amide bonds. The van der Waals surface area contributed by atoms with Gasteiger partial charge in [-0.1, -0.05) is 6.07 Å². The molecule has 0 saturated heterocycles. The fourth-order valence-corrected chi connectivity index (χ4v) is 1.12. The lowest BCUT2D eigenvalue weighted by atomic mass is 10.4. The van der Waals surface area contributed by atoms with E-state index >= 15 is 0 Å². The molecule has 13 heavy (non-hydrogen) atoms. The molecule has 0 aliphatic heterocycles. The molecule has 2 aromatic rings. The Kier molecular flexibility index (Phi) is 1.69. The Morgan fingerprint density at radius 1 is 1.54 bits per heavy atom. The Morgan fingerprint density at radius 3 is 3.08 bits per heavy atom. The van der Waals surface area contributed by atoms with Gasteiger partial charge in [0.25, 0.3) is 0 Å². The molecule has 0 radical (unpaired) electrons. The summed E-state index contributed by atoms with van der Waals surface area (Å²) in [6.45, 7) is 0.284. The third-order valence-corrected chi connectivity index (χ3v) is 1.70. The number of hydrogen-bond acceptors (Lipinski definition) is 4. The number of nitriles is 1. The molecule has 2 rings (SSSR count). The van der Waals surface area contributed by atoms with Crippen LogP contribution >= 0.6 is 0 Å². The molecule has 0 saturated carbocycles. The number of nitrogens with zero attached hydrogens (tertiary/aromatic N) is 4. The largest absolute Gasteiger partial charge is 0.324 e. The molecule has 5 nitrogen and oxygen atoms in total. The van der Waals surface area contributed by atoms with Gasteiger partial charge in [-0.2, -0.15) is 5.26 Å². The second kappa shape index (κ2) is 2.84. The lowest BCUT2D eigenvalue weighted by molar-refractivity contribution is 0.861. The third-order valence-electron chi connectivity index (χ3n) is 1.70. The molecule has 5 heteroatoms. The molecule has 2 aromatic heterocycles. The first kappa shape index (κ1) is 7.71. The summed E-state index contributed by atoms with van der Waals surface area (Å²) in [5.41, 5.74) is 6.50. The predicted octanol–water partition coefficient (Wildman–Crippen LogP) is 0.0597. The number of fused-ring (bicyclic) bond motifs is 1. The van der Waals surface area contributed by atoms with Gasteiger partial charge >= 0.3 is 0 Å². The van der Waals surface area contributed by atoms with Gasteiger partial charge in [0.2, 0.25) is 0 Å². The zero-order valence-electron chi connectivity index (χ0n) is 6.81. The Labute approximate surface area is 74.4 Å². The number of nitrogens with two attached hydrogens (primary N) is 1. The van der Waals surface area contributed by atoms with Crippen molar-refractivity contribution in [2.24, 2.45) is 5.73 Å². The molecule has 0 aliphatic rings. The summed E-state index contributed by atoms with van der Waals surface area (Å²) in [6, 6.07) is 7.26. The van der Waals surface area contributed by atoms with Crippen molar-refractivity contribution in [2.45, 2.75) is 6.54 Å². The molecule has 0 spiro atoms. The maximum absolute atomic E-state index is 8.75. The van der Waals surface area contributed by atoms with Crippen LogP contribution in [0.3, 0.4) is 0 Å². The van der Waals surface area contributed by atoms with Crippen molar-refractivity contribution in [3.8, 4) is 6.07 Å². The number of aromatic nitrogens is 3. The summed E-state index contributed by atoms with van der Waals surface area (Å²) >= 11 is 0. The van der Waals surface area contributed by atoms with Crippen molar-refractivity contribution >= 4 is 5.65 Å². The molecular weight excluding hydrogens is 166 g/mol. The van der Waals surface area contributed by atoms with Crippen molar-refractivity contribution < 1.29 is 0 Å². The maximum Gasteiger partial charge on any atom is 0.165 e. The van der Waals surface area contributed by atoms with Crippen LogP contribution in [0, 0.1) is 11.3 Å². The maximum atomic E-state index is 8.75. The van der Waals surface area contributed by atoms with Crippen LogP contribution in [0.25, 0.3) is 5.65 Å². The van der Waals surface area contributed by atoms with Gasteiger partial charge in [0.15, 0.2) is 11.5 Å². The fraction of sp³-hybridized carbons (Fsp3) is 0.125. The number of hydrogen-bond donors (Lipinski definition) is 1. The Balaban J connectivity index is 2.76. The van der Waals surface area contributed by atoms with Crippen molar-refractivity contribution in [1.29, 1.82) is 5.26 Å². The zero-order chi connectivity index (χ0) is 9.26. The van der Waals surface area contributed by atoms with E-state index in [1.165, 1.54) is 4.52 Å². The highest BCUT2D eigenvalue weighted by Gasteiger charge is 2.04. The summed E-state index contributed by atoms with van der Waals surface area (Å²) in [5.74, 6) is 0.544. The Morgan fingerprint density at radius 2 is 2.38 bits per heavy atom. The quantitative estimate of drug-likeness (QED) is 0.661. The minimum absolute atomic E-state index is 0.284. The van der Waals surface area contributed by atoms with Crippen molar-refractivity contribution in [1.82, 2.24) is 14.6 Å². The minimum atomic E-state index is 0.284. The summed E-state index contributed by atoms with van der Waals surface area (Å²) in [7, 11) is 0. The first-order valence-electron chi connectivity index (χ1n) is 3.80. The van der Waals surface area contributed by atoms with Crippen molar-refractivity contribution in [2.75, 3.05) is 0 Å². The normalized spacial score (nSPS) is 10.2. The van der Waals surface area contributed by atoms with Gasteiger partial charge in [0.1, 0.15) is 11.8 Å². The van der Waals surface area contributed by atoms with E-state index in [0.717, 1.165) is 0 Å². The number of pyridine rings is 1. The molecule has 0 unspecified atom stereocenters. The van der Waals surface area contributed by atoms with Gasteiger partial charge in [0, 0.05) is 0 Å². The third kappa shape index (κ3) is 1.13. The van der Waals surface area contributed by atoms with Crippen LogP contribution in [0.1, 0.15) is 11.5 Å². The number of rotatable bonds is 1. The standard InChI is InChI=1S/C8H7N5/c9-4-6-2-1-3-8-11-7(5-10)12-13(6)8/h1-3H,5,10H2. The van der Waals surface area contributed by atoms with Crippen molar-refractivity contribution in [3.05, 3.63) is 29.7 Å². The summed E-state index contributed by atoms with van der Waals surface area (Å²) in [4.78, 5) is 4.12. The average molecular weight is 173 g/mol. The molecule has 64 valence electrons. The SMILES string of the molecule is N#Cc1cccc2nc(CN)nn12. The zero-order valence-corrected chi connectivity index (χ0v) is 6.81. The van der Waals surface area contributed by atoms with Gasteiger partial charge in [0.05, 0.1) is 6.54 Å². The minimum Gasteiger partial charge on any atom is -0.324 e. The van der Waals surface area contributed by atoms with Gasteiger partial charge in [-0.05, 0) is 12.1 Å². The van der Waals surface area contributed by atoms with Crippen LogP contribution < -0.4 is 5.73 Å². The van der Waals surface area contributed by atoms with Crippen LogP contribution in [0.2, 0.25) is 0 Å². The highest BCUT2D eigenvalue weighted by atomic mass is 15.3. The smallest absolute Gasteiger partial charge is 0.165 e. The van der Waals surface area contributed by atoms with E-state index < -0.39 is 0 Å². The lowest BCUT2D eigenvalue weighted by Crippen LogP contribution is -1.99. The van der Waals surface area contributed by atoms with Crippen molar-refractivity contribution in [3.63, 3.8) is 0 Å². The second-order valence-electron chi connectivity index (χ2n) is 2.52. The van der Waals surface area contributed by atoms with E-state index in [0.29, 0.717) is 17.2 Å². The first-order chi connectivity index (χ1) is 6.35. The van der Waals surface area contributed by atoms with Crippen LogP contribution in [-0.4, -0.2) is 14.6 Å². The first-order valence-corrected chi connectivity index (χ1v) is 3.80. The Hall–Kier alpha value is -1.93. The van der Waals surface area contributed by atoms with Gasteiger partial charge in [-0.25, -0.2) is 9.50 Å². The summed E-state index contributed by atoms with van der Waals surface area (Å²) in [5, 5.41) is 12.8. The van der Waals surface area contributed by atoms with E-state index in [-0.39, 0.29) is 6.54 Å². The van der Waals surface area contributed by atoms with Crippen LogP contribution in [-0.2, 0) is 6.54 Å². The molecule has 0 atom stereocenters. The Bertz CT molecular complexity index is 479. The lowest BCUT2D eigenvalue weighted by Gasteiger charge is -1.91. The van der Waals surface area contributed by atoms with Crippen LogP contribution in [0.4, 0.5) is 0 Å². The van der Waals surface area contributed by atoms with Gasteiger partial charge < -0.3 is 5.73 Å². The molecule has 0 aromatic carbocycles. The van der Waals surface area contributed by atoms with E-state index in [9.17, 15) is 0 Å². The predicted molar refractivity (Wildman–Crippen MR) is 45.6 cm³/mol. The highest BCUT2D eigenvalue weighted by molar-refractivity contribution is 5.41. The highest BCUT2D eigenvalue weighted by Crippen LogP contribution is 2.04. The monoisotopic (exact) mass is 173 g/mol. The second-order valence-corrected chi connectivity index (χ2v) is 2.52. The molecular formula is C8H7N5. The van der Waals surface area contributed by atoms with E-state index in [1.54, 1.807) is 18.2 Å². The van der Waals surface area contributed by atoms with E-state index in [1.807, 2.05) is 6.07 Å². The molecule has 0 fully saturated rings. The summed E-state index contributed by atoms with van der Waals surface area (Å²) in [6.07, 6.45) is 0. The van der Waals surface area contributed by atoms with Gasteiger partial charge in [-0.15, -0.1) is 5.10 Å². The van der Waals surface area contributed by atoms with E-state index in [2.05, 4.69) is 10.1 Å². The topological polar surface area (TPSA) is 80.0 Å². The summed E-state index contributed by atoms with van der Waals surface area (Å²) < 4.78 is 1.49. The van der Waals surface area contributed by atoms with Gasteiger partial charge in [-0.3, -0.25) is 0 Å². The van der Waals surface area contributed by atoms with Crippen LogP contribution in [0.5, 0.6) is 0 Å². The molecule has 0 bridgehead atoms. The molecule has 0 aliphatic carbocycles. The molecule has 2 heterocycles. The average Bonchev–Trinajstić information content (AvgIpc) is 2.59. The van der Waals surface area contributed by atoms with E-state index in [4.69, 9.17) is 11.0 Å².